The van der Waals surface area contributed by atoms with Crippen LogP contribution in [0.4, 0.5) is 0 Å². The van der Waals surface area contributed by atoms with Crippen molar-refractivity contribution in [3.8, 4) is 0 Å². The van der Waals surface area contributed by atoms with Gasteiger partial charge in [0.2, 0.25) is 5.91 Å². The van der Waals surface area contributed by atoms with Crippen LogP contribution in [-0.4, -0.2) is 56.8 Å². The smallest absolute Gasteiger partial charge is 0.226 e. The molecule has 2 fully saturated rings. The zero-order valence-corrected chi connectivity index (χ0v) is 19.3. The molecule has 2 saturated heterocycles. The minimum absolute atomic E-state index is 0.00604. The fraction of sp³-hybridized carbons (Fsp3) is 0.773. The van der Waals surface area contributed by atoms with E-state index in [9.17, 15) is 4.79 Å². The summed E-state index contributed by atoms with van der Waals surface area (Å²) < 4.78 is 6.16. The number of amides is 1. The average molecular weight is 449 g/mol. The molecule has 3 rings (SSSR count). The van der Waals surface area contributed by atoms with Gasteiger partial charge in [-0.05, 0) is 44.4 Å². The third-order valence-electron chi connectivity index (χ3n) is 6.28. The van der Waals surface area contributed by atoms with E-state index in [4.69, 9.17) is 17.0 Å². The molecule has 0 spiro atoms. The second kappa shape index (κ2) is 12.9. The Morgan fingerprint density at radius 2 is 2.03 bits per heavy atom. The number of aromatic amines is 1. The lowest BCUT2D eigenvalue weighted by molar-refractivity contribution is -0.120. The molecule has 172 valence electrons. The SMILES string of the molecule is CCCCCNC(=S)CC(=O)NC[C@@H]1[C@H](CC=CCCCc2nn[nH]n2)[C@@H]2CC[C@H]1O2. The summed E-state index contributed by atoms with van der Waals surface area (Å²) in [5, 5.41) is 20.3. The number of H-pyrrole nitrogens is 1. The number of rotatable bonds is 14. The summed E-state index contributed by atoms with van der Waals surface area (Å²) in [7, 11) is 0. The van der Waals surface area contributed by atoms with E-state index in [1.807, 2.05) is 0 Å². The molecule has 3 heterocycles. The number of hydrogen-bond donors (Lipinski definition) is 3. The predicted molar refractivity (Wildman–Crippen MR) is 124 cm³/mol. The Morgan fingerprint density at radius 1 is 1.19 bits per heavy atom. The molecule has 0 unspecified atom stereocenters. The van der Waals surface area contributed by atoms with Crippen LogP contribution in [0.25, 0.3) is 0 Å². The molecule has 1 aromatic heterocycles. The Balaban J connectivity index is 1.34. The molecule has 2 aliphatic heterocycles. The lowest BCUT2D eigenvalue weighted by Gasteiger charge is -2.27. The first-order valence-corrected chi connectivity index (χ1v) is 12.1. The van der Waals surface area contributed by atoms with E-state index in [-0.39, 0.29) is 18.4 Å². The van der Waals surface area contributed by atoms with E-state index in [0.29, 0.717) is 29.5 Å². The van der Waals surface area contributed by atoms with Gasteiger partial charge in [-0.1, -0.05) is 49.3 Å². The van der Waals surface area contributed by atoms with Crippen molar-refractivity contribution in [1.82, 2.24) is 31.3 Å². The molecule has 0 aliphatic carbocycles. The number of nitrogens with one attached hydrogen (secondary N) is 3. The first kappa shape index (κ1) is 23.8. The van der Waals surface area contributed by atoms with Crippen LogP contribution in [-0.2, 0) is 16.0 Å². The topological polar surface area (TPSA) is 105 Å². The maximum absolute atomic E-state index is 12.3. The number of aryl methyl sites for hydroxylation is 1. The van der Waals surface area contributed by atoms with Gasteiger partial charge in [-0.25, -0.2) is 0 Å². The molecule has 2 aliphatic rings. The average Bonchev–Trinajstić information content (AvgIpc) is 3.50. The number of carbonyl (C=O) groups is 1. The maximum atomic E-state index is 12.3. The number of fused-ring (bicyclic) bond motifs is 2. The van der Waals surface area contributed by atoms with Crippen LogP contribution in [0.1, 0.15) is 70.5 Å². The normalized spacial score (nSPS) is 24.7. The molecule has 2 bridgehead atoms. The highest BCUT2D eigenvalue weighted by molar-refractivity contribution is 7.80. The second-order valence-electron chi connectivity index (χ2n) is 8.58. The van der Waals surface area contributed by atoms with Crippen molar-refractivity contribution in [2.24, 2.45) is 11.8 Å². The number of thiocarbonyl (C=S) groups is 1. The van der Waals surface area contributed by atoms with Crippen molar-refractivity contribution < 1.29 is 9.53 Å². The quantitative estimate of drug-likeness (QED) is 0.228. The van der Waals surface area contributed by atoms with E-state index in [1.165, 1.54) is 12.8 Å². The highest BCUT2D eigenvalue weighted by atomic mass is 32.1. The third-order valence-corrected chi connectivity index (χ3v) is 6.57. The van der Waals surface area contributed by atoms with Gasteiger partial charge in [-0.2, -0.15) is 5.21 Å². The van der Waals surface area contributed by atoms with E-state index in [1.54, 1.807) is 0 Å². The van der Waals surface area contributed by atoms with E-state index in [2.05, 4.69) is 50.3 Å². The number of ether oxygens (including phenoxy) is 1. The van der Waals surface area contributed by atoms with Crippen LogP contribution >= 0.6 is 12.2 Å². The molecule has 31 heavy (non-hydrogen) atoms. The lowest BCUT2D eigenvalue weighted by Crippen LogP contribution is -2.39. The van der Waals surface area contributed by atoms with Crippen LogP contribution in [0.2, 0.25) is 0 Å². The first-order chi connectivity index (χ1) is 15.2. The summed E-state index contributed by atoms with van der Waals surface area (Å²) in [5.74, 6) is 1.64. The highest BCUT2D eigenvalue weighted by Crippen LogP contribution is 2.44. The minimum atomic E-state index is 0.00604. The Hall–Kier alpha value is -1.87. The largest absolute Gasteiger partial charge is 0.379 e. The predicted octanol–water partition coefficient (Wildman–Crippen LogP) is 2.88. The van der Waals surface area contributed by atoms with E-state index in [0.717, 1.165) is 57.3 Å². The summed E-state index contributed by atoms with van der Waals surface area (Å²) in [4.78, 5) is 13.0. The molecule has 0 aromatic carbocycles. The molecule has 1 aromatic rings. The van der Waals surface area contributed by atoms with Crippen LogP contribution in [0.15, 0.2) is 12.2 Å². The molecule has 0 saturated carbocycles. The van der Waals surface area contributed by atoms with Gasteiger partial charge >= 0.3 is 0 Å². The van der Waals surface area contributed by atoms with Gasteiger partial charge in [0.1, 0.15) is 0 Å². The number of nitrogens with zero attached hydrogens (tertiary/aromatic N) is 3. The lowest BCUT2D eigenvalue weighted by atomic mass is 9.77. The van der Waals surface area contributed by atoms with Crippen LogP contribution in [0.5, 0.6) is 0 Å². The molecular formula is C22H36N6O2S. The fourth-order valence-corrected chi connectivity index (χ4v) is 4.86. The van der Waals surface area contributed by atoms with Crippen molar-refractivity contribution >= 4 is 23.1 Å². The number of hydrogen-bond acceptors (Lipinski definition) is 6. The first-order valence-electron chi connectivity index (χ1n) is 11.7. The molecule has 3 N–H and O–H groups in total. The van der Waals surface area contributed by atoms with Crippen LogP contribution in [0.3, 0.4) is 0 Å². The number of unbranched alkanes of at least 4 members (excludes halogenated alkanes) is 3. The van der Waals surface area contributed by atoms with Crippen LogP contribution in [0, 0.1) is 11.8 Å². The maximum Gasteiger partial charge on any atom is 0.226 e. The van der Waals surface area contributed by atoms with E-state index < -0.39 is 0 Å². The van der Waals surface area contributed by atoms with Crippen molar-refractivity contribution in [3.63, 3.8) is 0 Å². The second-order valence-corrected chi connectivity index (χ2v) is 9.08. The zero-order chi connectivity index (χ0) is 21.9. The summed E-state index contributed by atoms with van der Waals surface area (Å²) in [6.45, 7) is 3.70. The van der Waals surface area contributed by atoms with Crippen molar-refractivity contribution in [2.45, 2.75) is 83.3 Å². The Bertz CT molecular complexity index is 711. The molecule has 9 heteroatoms. The molecule has 4 atom stereocenters. The number of aromatic nitrogens is 4. The minimum Gasteiger partial charge on any atom is -0.379 e. The summed E-state index contributed by atoms with van der Waals surface area (Å²) in [5.41, 5.74) is 0. The van der Waals surface area contributed by atoms with Gasteiger partial charge in [-0.3, -0.25) is 4.79 Å². The van der Waals surface area contributed by atoms with Crippen molar-refractivity contribution in [3.05, 3.63) is 18.0 Å². The monoisotopic (exact) mass is 448 g/mol. The van der Waals surface area contributed by atoms with Gasteiger partial charge in [0.05, 0.1) is 23.6 Å². The van der Waals surface area contributed by atoms with E-state index >= 15 is 0 Å². The van der Waals surface area contributed by atoms with Crippen LogP contribution < -0.4 is 10.6 Å². The van der Waals surface area contributed by atoms with Gasteiger partial charge in [-0.15, -0.1) is 10.2 Å². The van der Waals surface area contributed by atoms with Gasteiger partial charge < -0.3 is 15.4 Å². The fourth-order valence-electron chi connectivity index (χ4n) is 4.62. The standard InChI is InChI=1S/C22H36N6O2S/c1-2-3-8-13-23-22(31)14-21(29)24-15-17-16(18-11-12-19(17)30-18)9-6-4-5-7-10-20-25-27-28-26-20/h4,6,16-19H,2-3,5,7-15H2,1H3,(H,23,31)(H,24,29)(H,25,26,27,28)/t16-,17+,18-,19+/m0/s1. The Morgan fingerprint density at radius 3 is 2.81 bits per heavy atom. The van der Waals surface area contributed by atoms with Gasteiger partial charge in [0.25, 0.3) is 0 Å². The summed E-state index contributed by atoms with van der Waals surface area (Å²) in [6, 6.07) is 0. The zero-order valence-electron chi connectivity index (χ0n) is 18.5. The summed E-state index contributed by atoms with van der Waals surface area (Å²) in [6.07, 6.45) is 14.9. The molecule has 1 amide bonds. The molecule has 8 nitrogen and oxygen atoms in total. The molecule has 0 radical (unpaired) electrons. The molecular weight excluding hydrogens is 412 g/mol. The highest BCUT2D eigenvalue weighted by Gasteiger charge is 2.47. The Labute approximate surface area is 190 Å². The number of allylic oxidation sites excluding steroid dienone is 2. The summed E-state index contributed by atoms with van der Waals surface area (Å²) >= 11 is 5.30. The van der Waals surface area contributed by atoms with Gasteiger partial charge in [0.15, 0.2) is 5.82 Å². The number of tetrazole rings is 1. The Kier molecular flexibility index (Phi) is 9.86. The van der Waals surface area contributed by atoms with Crippen molar-refractivity contribution in [1.29, 1.82) is 0 Å². The third kappa shape index (κ3) is 7.64. The van der Waals surface area contributed by atoms with Gasteiger partial charge in [0, 0.05) is 25.4 Å². The number of carbonyl (C=O) groups excluding carboxylic acids is 1. The van der Waals surface area contributed by atoms with Crippen molar-refractivity contribution in [2.75, 3.05) is 13.1 Å².